The summed E-state index contributed by atoms with van der Waals surface area (Å²) < 4.78 is 14.2. The summed E-state index contributed by atoms with van der Waals surface area (Å²) >= 11 is 1.62. The van der Waals surface area contributed by atoms with Crippen LogP contribution in [0, 0.1) is 6.92 Å². The first-order valence-electron chi connectivity index (χ1n) is 8.03. The van der Waals surface area contributed by atoms with Gasteiger partial charge in [0.15, 0.2) is 0 Å². The Balaban J connectivity index is 1.76. The highest BCUT2D eigenvalue weighted by molar-refractivity contribution is 7.14. The molecule has 2 aromatic heterocycles. The molecular weight excluding hydrogens is 321 g/mol. The zero-order valence-electron chi connectivity index (χ0n) is 14.5. The van der Waals surface area contributed by atoms with Crippen LogP contribution in [0.5, 0.6) is 0 Å². The van der Waals surface area contributed by atoms with Crippen molar-refractivity contribution in [3.05, 3.63) is 35.5 Å². The summed E-state index contributed by atoms with van der Waals surface area (Å²) in [6.07, 6.45) is 3.73. The van der Waals surface area contributed by atoms with Crippen LogP contribution in [0.25, 0.3) is 16.0 Å². The lowest BCUT2D eigenvalue weighted by atomic mass is 9.79. The van der Waals surface area contributed by atoms with E-state index in [-0.39, 0.29) is 18.3 Å². The lowest BCUT2D eigenvalue weighted by molar-refractivity contribution is 0.00578. The van der Waals surface area contributed by atoms with Crippen molar-refractivity contribution in [2.45, 2.75) is 45.8 Å². The van der Waals surface area contributed by atoms with Gasteiger partial charge in [0.25, 0.3) is 0 Å². The van der Waals surface area contributed by atoms with E-state index in [2.05, 4.69) is 49.9 Å². The second-order valence-electron chi connectivity index (χ2n) is 7.22. The van der Waals surface area contributed by atoms with Crippen LogP contribution in [0.2, 0.25) is 0 Å². The minimum Gasteiger partial charge on any atom is -0.399 e. The monoisotopic (exact) mass is 341 g/mol. The second-order valence-corrected chi connectivity index (χ2v) is 8.43. The Bertz CT molecular complexity index is 900. The number of aryl methyl sites for hydroxylation is 1. The molecule has 124 valence electrons. The van der Waals surface area contributed by atoms with Crippen molar-refractivity contribution in [2.75, 3.05) is 0 Å². The van der Waals surface area contributed by atoms with Gasteiger partial charge in [-0.3, -0.25) is 0 Å². The molecule has 0 radical (unpaired) electrons. The fourth-order valence-electron chi connectivity index (χ4n) is 2.75. The Morgan fingerprint density at radius 2 is 1.79 bits per heavy atom. The number of rotatable bonds is 2. The molecule has 1 fully saturated rings. The fourth-order valence-corrected chi connectivity index (χ4v) is 3.49. The highest BCUT2D eigenvalue weighted by Crippen LogP contribution is 2.36. The van der Waals surface area contributed by atoms with E-state index in [1.165, 1.54) is 0 Å². The van der Waals surface area contributed by atoms with Gasteiger partial charge in [0.1, 0.15) is 0 Å². The van der Waals surface area contributed by atoms with Gasteiger partial charge >= 0.3 is 7.12 Å². The molecule has 0 atom stereocenters. The number of hydrogen-bond acceptors (Lipinski definition) is 5. The van der Waals surface area contributed by atoms with Gasteiger partial charge < -0.3 is 9.31 Å². The van der Waals surface area contributed by atoms with Crippen molar-refractivity contribution < 1.29 is 9.31 Å². The lowest BCUT2D eigenvalue weighted by Gasteiger charge is -2.32. The summed E-state index contributed by atoms with van der Waals surface area (Å²) in [5.74, 6) is 0. The molecule has 0 N–H and O–H groups in total. The molecule has 0 unspecified atom stereocenters. The van der Waals surface area contributed by atoms with Crippen LogP contribution in [0.4, 0.5) is 0 Å². The van der Waals surface area contributed by atoms with Crippen LogP contribution in [-0.2, 0) is 9.31 Å². The molecule has 4 rings (SSSR count). The van der Waals surface area contributed by atoms with Gasteiger partial charge in [0.2, 0.25) is 5.13 Å². The summed E-state index contributed by atoms with van der Waals surface area (Å²) in [4.78, 5) is 5.60. The average Bonchev–Trinajstić information content (AvgIpc) is 3.15. The minimum absolute atomic E-state index is 0.348. The van der Waals surface area contributed by atoms with E-state index >= 15 is 0 Å². The van der Waals surface area contributed by atoms with Crippen molar-refractivity contribution >= 4 is 34.8 Å². The van der Waals surface area contributed by atoms with Gasteiger partial charge in [0, 0.05) is 16.5 Å². The summed E-state index contributed by atoms with van der Waals surface area (Å²) in [5, 5.41) is 6.43. The Morgan fingerprint density at radius 3 is 2.42 bits per heavy atom. The quantitative estimate of drug-likeness (QED) is 0.672. The van der Waals surface area contributed by atoms with Crippen molar-refractivity contribution in [1.82, 2.24) is 14.8 Å². The van der Waals surface area contributed by atoms with E-state index in [0.717, 1.165) is 26.4 Å². The summed E-state index contributed by atoms with van der Waals surface area (Å²) in [5.41, 5.74) is 1.31. The first-order valence-corrected chi connectivity index (χ1v) is 8.85. The molecule has 24 heavy (non-hydrogen) atoms. The molecule has 1 aromatic carbocycles. The van der Waals surface area contributed by atoms with Crippen LogP contribution < -0.4 is 5.46 Å². The first kappa shape index (κ1) is 15.8. The van der Waals surface area contributed by atoms with Crippen molar-refractivity contribution in [1.29, 1.82) is 0 Å². The molecule has 0 bridgehead atoms. The predicted octanol–water partition coefficient (Wildman–Crippen LogP) is 3.09. The SMILES string of the molecule is Cc1cnc(-n2ncc3ccc(B4OC(C)(C)C(C)(C)O4)cc32)s1. The maximum atomic E-state index is 6.16. The Kier molecular flexibility index (Phi) is 3.39. The first-order chi connectivity index (χ1) is 11.3. The van der Waals surface area contributed by atoms with Gasteiger partial charge in [-0.05, 0) is 46.1 Å². The summed E-state index contributed by atoms with van der Waals surface area (Å²) in [6.45, 7) is 10.3. The minimum atomic E-state index is -0.374. The van der Waals surface area contributed by atoms with Crippen molar-refractivity contribution in [3.63, 3.8) is 0 Å². The average molecular weight is 341 g/mol. The third kappa shape index (κ3) is 2.39. The third-order valence-electron chi connectivity index (χ3n) is 4.91. The Labute approximate surface area is 145 Å². The maximum Gasteiger partial charge on any atom is 0.494 e. The van der Waals surface area contributed by atoms with Gasteiger partial charge in [-0.15, -0.1) is 11.3 Å². The van der Waals surface area contributed by atoms with E-state index in [9.17, 15) is 0 Å². The zero-order valence-corrected chi connectivity index (χ0v) is 15.3. The molecule has 0 amide bonds. The predicted molar refractivity (Wildman–Crippen MR) is 97.2 cm³/mol. The van der Waals surface area contributed by atoms with Gasteiger partial charge in [-0.25, -0.2) is 9.67 Å². The van der Waals surface area contributed by atoms with Crippen LogP contribution in [0.15, 0.2) is 30.6 Å². The standard InChI is InChI=1S/C17H20BN3O2S/c1-11-9-19-15(24-11)21-14-8-13(7-6-12(14)10-20-21)18-22-16(2,3)17(4,5)23-18/h6-10H,1-5H3. The molecule has 5 nitrogen and oxygen atoms in total. The fraction of sp³-hybridized carbons (Fsp3) is 0.412. The third-order valence-corrected chi connectivity index (χ3v) is 5.80. The topological polar surface area (TPSA) is 49.2 Å². The smallest absolute Gasteiger partial charge is 0.399 e. The summed E-state index contributed by atoms with van der Waals surface area (Å²) in [6, 6.07) is 6.19. The molecule has 1 aliphatic rings. The van der Waals surface area contributed by atoms with Crippen LogP contribution in [0.1, 0.15) is 32.6 Å². The number of thiazole rings is 1. The van der Waals surface area contributed by atoms with Crippen LogP contribution in [-0.4, -0.2) is 33.1 Å². The van der Waals surface area contributed by atoms with Crippen LogP contribution in [0.3, 0.4) is 0 Å². The van der Waals surface area contributed by atoms with Gasteiger partial charge in [0.05, 0.1) is 22.9 Å². The molecule has 3 heterocycles. The molecule has 0 spiro atoms. The molecule has 1 saturated heterocycles. The largest absolute Gasteiger partial charge is 0.494 e. The van der Waals surface area contributed by atoms with Gasteiger partial charge in [-0.1, -0.05) is 12.1 Å². The second kappa shape index (κ2) is 5.15. The molecule has 0 aliphatic carbocycles. The molecule has 0 saturated carbocycles. The number of nitrogens with zero attached hydrogens (tertiary/aromatic N) is 3. The Morgan fingerprint density at radius 1 is 1.08 bits per heavy atom. The summed E-state index contributed by atoms with van der Waals surface area (Å²) in [7, 11) is -0.374. The van der Waals surface area contributed by atoms with Gasteiger partial charge in [-0.2, -0.15) is 5.10 Å². The van der Waals surface area contributed by atoms with E-state index in [4.69, 9.17) is 9.31 Å². The van der Waals surface area contributed by atoms with Crippen molar-refractivity contribution in [2.24, 2.45) is 0 Å². The normalized spacial score (nSPS) is 19.3. The molecule has 3 aromatic rings. The van der Waals surface area contributed by atoms with E-state index < -0.39 is 0 Å². The zero-order chi connectivity index (χ0) is 17.1. The number of benzene rings is 1. The van der Waals surface area contributed by atoms with Crippen LogP contribution >= 0.6 is 11.3 Å². The highest BCUT2D eigenvalue weighted by Gasteiger charge is 2.51. The molecule has 7 heteroatoms. The number of aromatic nitrogens is 3. The van der Waals surface area contributed by atoms with Crippen molar-refractivity contribution in [3.8, 4) is 5.13 Å². The molecular formula is C17H20BN3O2S. The maximum absolute atomic E-state index is 6.16. The van der Waals surface area contributed by atoms with E-state index in [1.54, 1.807) is 11.3 Å². The number of hydrogen-bond donors (Lipinski definition) is 0. The van der Waals surface area contributed by atoms with E-state index in [1.807, 2.05) is 30.1 Å². The highest BCUT2D eigenvalue weighted by atomic mass is 32.1. The lowest BCUT2D eigenvalue weighted by Crippen LogP contribution is -2.41. The molecule has 1 aliphatic heterocycles. The Hall–Kier alpha value is -1.70. The van der Waals surface area contributed by atoms with E-state index in [0.29, 0.717) is 0 Å². The number of fused-ring (bicyclic) bond motifs is 1.